The molecule has 1 rings (SSSR count). The normalized spacial score (nSPS) is 12.1. The smallest absolute Gasteiger partial charge is 0.321 e. The number of nitro groups is 1. The zero-order valence-electron chi connectivity index (χ0n) is 9.40. The van der Waals surface area contributed by atoms with Crippen LogP contribution in [0.3, 0.4) is 0 Å². The molecule has 1 unspecified atom stereocenters. The van der Waals surface area contributed by atoms with Gasteiger partial charge in [0.15, 0.2) is 5.69 Å². The minimum atomic E-state index is -0.565. The Morgan fingerprint density at radius 3 is 2.88 bits per heavy atom. The Morgan fingerprint density at radius 2 is 2.35 bits per heavy atom. The minimum absolute atomic E-state index is 0.177. The van der Waals surface area contributed by atoms with E-state index in [0.29, 0.717) is 12.5 Å². The quantitative estimate of drug-likeness (QED) is 0.479. The van der Waals surface area contributed by atoms with Crippen LogP contribution in [0, 0.1) is 16.0 Å². The number of nitrogens with one attached hydrogen (secondary N) is 2. The van der Waals surface area contributed by atoms with E-state index in [1.165, 1.54) is 12.1 Å². The molecule has 1 aromatic rings. The predicted molar refractivity (Wildman–Crippen MR) is 67.4 cm³/mol. The van der Waals surface area contributed by atoms with Crippen LogP contribution in [0.2, 0.25) is 0 Å². The van der Waals surface area contributed by atoms with Crippen molar-refractivity contribution in [1.29, 1.82) is 0 Å². The average molecular weight is 304 g/mol. The number of nitrogens with zero attached hydrogens (tertiary/aromatic N) is 1. The predicted octanol–water partition coefficient (Wildman–Crippen LogP) is 2.07. The highest BCUT2D eigenvalue weighted by molar-refractivity contribution is 9.09. The van der Waals surface area contributed by atoms with Crippen molar-refractivity contribution < 1.29 is 9.72 Å². The lowest BCUT2D eigenvalue weighted by Gasteiger charge is -2.09. The summed E-state index contributed by atoms with van der Waals surface area (Å²) in [6, 6.07) is 2.68. The van der Waals surface area contributed by atoms with Gasteiger partial charge in [-0.3, -0.25) is 4.79 Å². The van der Waals surface area contributed by atoms with E-state index >= 15 is 0 Å². The zero-order chi connectivity index (χ0) is 12.8. The molecular formula is C10H14BrN3O3. The Hall–Kier alpha value is -1.37. The molecule has 7 heteroatoms. The molecule has 17 heavy (non-hydrogen) atoms. The van der Waals surface area contributed by atoms with Gasteiger partial charge in [-0.05, 0) is 23.3 Å². The van der Waals surface area contributed by atoms with Crippen molar-refractivity contribution in [1.82, 2.24) is 10.3 Å². The van der Waals surface area contributed by atoms with Crippen LogP contribution in [0.4, 0.5) is 5.82 Å². The number of amides is 1. The lowest BCUT2D eigenvalue weighted by atomic mass is 10.1. The third kappa shape index (κ3) is 4.18. The summed E-state index contributed by atoms with van der Waals surface area (Å²) in [5, 5.41) is 14.0. The molecule has 94 valence electrons. The van der Waals surface area contributed by atoms with Crippen LogP contribution < -0.4 is 5.32 Å². The monoisotopic (exact) mass is 303 g/mol. The lowest BCUT2D eigenvalue weighted by Crippen LogP contribution is -2.28. The van der Waals surface area contributed by atoms with Crippen molar-refractivity contribution in [2.45, 2.75) is 13.3 Å². The maximum atomic E-state index is 11.6. The lowest BCUT2D eigenvalue weighted by molar-refractivity contribution is -0.389. The zero-order valence-corrected chi connectivity index (χ0v) is 11.0. The first-order chi connectivity index (χ1) is 8.04. The van der Waals surface area contributed by atoms with Crippen LogP contribution in [0.5, 0.6) is 0 Å². The van der Waals surface area contributed by atoms with Crippen molar-refractivity contribution in [3.8, 4) is 0 Å². The van der Waals surface area contributed by atoms with Crippen molar-refractivity contribution in [2.75, 3.05) is 11.9 Å². The molecule has 1 atom stereocenters. The van der Waals surface area contributed by atoms with E-state index < -0.39 is 4.92 Å². The van der Waals surface area contributed by atoms with Crippen LogP contribution in [-0.4, -0.2) is 27.7 Å². The standard InChI is InChI=1S/C10H14BrN3O3/c1-7(4-5-11)6-12-10(15)8-2-3-9(13-8)14(16)17/h2-3,7,13H,4-6H2,1H3,(H,12,15). The maximum Gasteiger partial charge on any atom is 0.321 e. The summed E-state index contributed by atoms with van der Waals surface area (Å²) in [6.07, 6.45) is 0.963. The van der Waals surface area contributed by atoms with Crippen LogP contribution in [0.1, 0.15) is 23.8 Å². The SMILES string of the molecule is CC(CCBr)CNC(=O)c1ccc([N+](=O)[O-])[nH]1. The van der Waals surface area contributed by atoms with E-state index in [2.05, 4.69) is 26.2 Å². The second kappa shape index (κ2) is 6.39. The van der Waals surface area contributed by atoms with Gasteiger partial charge in [0, 0.05) is 17.9 Å². The largest absolute Gasteiger partial charge is 0.358 e. The summed E-state index contributed by atoms with van der Waals surface area (Å²) < 4.78 is 0. The van der Waals surface area contributed by atoms with Crippen LogP contribution in [-0.2, 0) is 0 Å². The third-order valence-corrected chi connectivity index (χ3v) is 2.78. The first-order valence-electron chi connectivity index (χ1n) is 5.22. The van der Waals surface area contributed by atoms with E-state index in [1.54, 1.807) is 0 Å². The Kier molecular flexibility index (Phi) is 5.14. The van der Waals surface area contributed by atoms with Crippen molar-refractivity contribution in [3.05, 3.63) is 27.9 Å². The number of aromatic amines is 1. The molecule has 0 saturated heterocycles. The van der Waals surface area contributed by atoms with E-state index in [0.717, 1.165) is 11.8 Å². The molecule has 0 aliphatic heterocycles. The van der Waals surface area contributed by atoms with Crippen molar-refractivity contribution >= 4 is 27.7 Å². The summed E-state index contributed by atoms with van der Waals surface area (Å²) in [5.41, 5.74) is 0.211. The van der Waals surface area contributed by atoms with Crippen molar-refractivity contribution in [3.63, 3.8) is 0 Å². The summed E-state index contributed by atoms with van der Waals surface area (Å²) >= 11 is 3.33. The summed E-state index contributed by atoms with van der Waals surface area (Å²) in [7, 11) is 0. The number of hydrogen-bond acceptors (Lipinski definition) is 3. The molecule has 0 radical (unpaired) electrons. The van der Waals surface area contributed by atoms with E-state index in [-0.39, 0.29) is 17.4 Å². The molecule has 0 aromatic carbocycles. The van der Waals surface area contributed by atoms with Gasteiger partial charge in [0.05, 0.1) is 0 Å². The Morgan fingerprint density at radius 1 is 1.65 bits per heavy atom. The number of carbonyl (C=O) groups excluding carboxylic acids is 1. The molecule has 1 heterocycles. The molecule has 0 aliphatic rings. The van der Waals surface area contributed by atoms with Crippen LogP contribution in [0.15, 0.2) is 12.1 Å². The molecule has 1 amide bonds. The van der Waals surface area contributed by atoms with Gasteiger partial charge in [0.1, 0.15) is 0 Å². The molecular weight excluding hydrogens is 290 g/mol. The van der Waals surface area contributed by atoms with Gasteiger partial charge in [-0.1, -0.05) is 22.9 Å². The second-order valence-corrected chi connectivity index (χ2v) is 4.60. The number of H-pyrrole nitrogens is 1. The Bertz CT molecular complexity index is 405. The number of alkyl halides is 1. The molecule has 6 nitrogen and oxygen atoms in total. The van der Waals surface area contributed by atoms with Gasteiger partial charge in [-0.2, -0.15) is 0 Å². The average Bonchev–Trinajstić information content (AvgIpc) is 2.75. The maximum absolute atomic E-state index is 11.6. The van der Waals surface area contributed by atoms with E-state index in [9.17, 15) is 14.9 Å². The molecule has 0 fully saturated rings. The fraction of sp³-hybridized carbons (Fsp3) is 0.500. The first kappa shape index (κ1) is 13.7. The van der Waals surface area contributed by atoms with Gasteiger partial charge in [0.25, 0.3) is 5.91 Å². The number of aromatic nitrogens is 1. The highest BCUT2D eigenvalue weighted by atomic mass is 79.9. The Balaban J connectivity index is 2.49. The van der Waals surface area contributed by atoms with E-state index in [1.807, 2.05) is 6.92 Å². The second-order valence-electron chi connectivity index (χ2n) is 3.81. The number of hydrogen-bond donors (Lipinski definition) is 2. The van der Waals surface area contributed by atoms with Gasteiger partial charge >= 0.3 is 5.82 Å². The fourth-order valence-electron chi connectivity index (χ4n) is 1.27. The third-order valence-electron chi connectivity index (χ3n) is 2.32. The molecule has 2 N–H and O–H groups in total. The summed E-state index contributed by atoms with van der Waals surface area (Å²) in [4.78, 5) is 23.9. The molecule has 1 aromatic heterocycles. The fourth-order valence-corrected chi connectivity index (χ4v) is 2.05. The minimum Gasteiger partial charge on any atom is -0.358 e. The van der Waals surface area contributed by atoms with Gasteiger partial charge in [-0.15, -0.1) is 0 Å². The van der Waals surface area contributed by atoms with Gasteiger partial charge < -0.3 is 15.4 Å². The number of rotatable bonds is 6. The van der Waals surface area contributed by atoms with Crippen LogP contribution >= 0.6 is 15.9 Å². The molecule has 0 aliphatic carbocycles. The summed E-state index contributed by atoms with van der Waals surface area (Å²) in [5.74, 6) is -0.133. The molecule has 0 spiro atoms. The number of halogens is 1. The topological polar surface area (TPSA) is 88.0 Å². The first-order valence-corrected chi connectivity index (χ1v) is 6.34. The highest BCUT2D eigenvalue weighted by Crippen LogP contribution is 2.10. The Labute approximate surface area is 107 Å². The van der Waals surface area contributed by atoms with Crippen LogP contribution in [0.25, 0.3) is 0 Å². The van der Waals surface area contributed by atoms with E-state index in [4.69, 9.17) is 0 Å². The highest BCUT2D eigenvalue weighted by Gasteiger charge is 2.15. The molecule has 0 bridgehead atoms. The van der Waals surface area contributed by atoms with Crippen molar-refractivity contribution in [2.24, 2.45) is 5.92 Å². The van der Waals surface area contributed by atoms with Gasteiger partial charge in [-0.25, -0.2) is 4.98 Å². The van der Waals surface area contributed by atoms with Gasteiger partial charge in [0.2, 0.25) is 0 Å². The summed E-state index contributed by atoms with van der Waals surface area (Å²) in [6.45, 7) is 2.58. The molecule has 0 saturated carbocycles. The number of carbonyl (C=O) groups is 1.